The lowest BCUT2D eigenvalue weighted by Gasteiger charge is -2.37. The summed E-state index contributed by atoms with van der Waals surface area (Å²) in [6, 6.07) is 1.77. The molecule has 92 heavy (non-hydrogen) atoms. The maximum absolute atomic E-state index is 10.4. The number of aliphatic hydroxyl groups is 4. The van der Waals surface area contributed by atoms with E-state index in [2.05, 4.69) is 174 Å². The van der Waals surface area contributed by atoms with Gasteiger partial charge in [-0.05, 0) is 41.3 Å². The van der Waals surface area contributed by atoms with Gasteiger partial charge in [0, 0.05) is 19.3 Å². The monoisotopic (exact) mass is 1480 g/mol. The molecule has 0 saturated carbocycles. The molecule has 0 bridgehead atoms. The van der Waals surface area contributed by atoms with E-state index in [9.17, 15) is 10.2 Å². The second-order valence-electron chi connectivity index (χ2n) is 25.9. The Morgan fingerprint density at radius 2 is 0.957 bits per heavy atom. The molecule has 34 heteroatoms. The zero-order valence-electron chi connectivity index (χ0n) is 54.3. The number of halogens is 5. The van der Waals surface area contributed by atoms with Gasteiger partial charge in [-0.2, -0.15) is 46.2 Å². The number of terminal acetylenes is 2. The Morgan fingerprint density at radius 1 is 0.620 bits per heavy atom. The minimum Gasteiger partial charge on any atom is -0.414 e. The van der Waals surface area contributed by atoms with E-state index in [-0.39, 0.29) is 95.5 Å². The minimum absolute atomic E-state index is 0. The van der Waals surface area contributed by atoms with Crippen molar-refractivity contribution < 1.29 is 48.2 Å². The van der Waals surface area contributed by atoms with Crippen LogP contribution in [0.5, 0.6) is 0 Å². The van der Waals surface area contributed by atoms with Gasteiger partial charge in [0.15, 0.2) is 56.4 Å². The van der Waals surface area contributed by atoms with E-state index in [0.29, 0.717) is 76.3 Å². The van der Waals surface area contributed by atoms with E-state index in [1.807, 2.05) is 0 Å². The highest BCUT2D eigenvalue weighted by atomic mass is 79.9. The number of aliphatic hydroxyl groups excluding tert-OH is 4. The lowest BCUT2D eigenvalue weighted by molar-refractivity contribution is -0.0529. The standard InChI is InChI=1S/C19H28ClN5O3Si.C16H26ClN5O3Si.C10H12ClN5O3.C6H15ClSi.C3H3Br.C3H5NO.CH4/c1-7-8-26-12-9-14(28-13(12)10-27-29(5,6)19(2,3)4)25-11-22-15-16(20)23-18(21)24-17(15)25;1-16(2,3)26(4,5)24-7-10-9(23)6-11(25-10)22-8-19-12-13(17)20-15(18)21-14(12)22;11-8-7-9(15-10(12)14-8)16(3-13-7)6-1-4(18)5(2-17)19-6;1-6(2,3)8(4,5)7;1-2-3-4;4-2-1-3-5;/h1,11-14H,8-10H2,2-6H3,(H2,21,23,24);8-11,23H,6-7H2,1-5H3,(H2,18,20,21);3-6,17-18H,1-2H2,(H2,12,14,15);1-5H3;1H,3H2;5H,1,3H2;1H4/t12-,13-,14-;9-,10-,11-;4-,5-,6-;;;;/m111..../s1. The molecule has 3 aliphatic rings. The molecule has 0 aromatic carbocycles. The van der Waals surface area contributed by atoms with Crippen molar-refractivity contribution in [2.24, 2.45) is 0 Å². The number of anilines is 3. The molecular weight excluding hydrogens is 1390 g/mol. The fourth-order valence-electron chi connectivity index (χ4n) is 7.83. The molecule has 3 fully saturated rings. The number of alkyl halides is 1. The maximum atomic E-state index is 10.4. The molecule has 3 aliphatic heterocycles. The number of hydrogen-bond donors (Lipinski definition) is 7. The average molecular weight is 1480 g/mol. The van der Waals surface area contributed by atoms with Crippen LogP contribution in [0.2, 0.25) is 69.9 Å². The van der Waals surface area contributed by atoms with Crippen LogP contribution in [0, 0.1) is 36.0 Å². The summed E-state index contributed by atoms with van der Waals surface area (Å²) >= 11 is 27.3. The van der Waals surface area contributed by atoms with Crippen LogP contribution in [-0.4, -0.2) is 178 Å². The van der Waals surface area contributed by atoms with Gasteiger partial charge in [-0.15, -0.1) is 12.8 Å². The third-order valence-corrected chi connectivity index (χ3v) is 31.6. The minimum atomic E-state index is -1.93. The predicted molar refractivity (Wildman–Crippen MR) is 374 cm³/mol. The van der Waals surface area contributed by atoms with Gasteiger partial charge in [0.25, 0.3) is 0 Å². The van der Waals surface area contributed by atoms with Gasteiger partial charge in [0.05, 0.1) is 81.5 Å². The number of nitrogens with zero attached hydrogens (tertiary/aromatic N) is 13. The third-order valence-electron chi connectivity index (χ3n) is 16.2. The number of hydrogen-bond acceptors (Lipinski definition) is 23. The van der Waals surface area contributed by atoms with Gasteiger partial charge in [-0.1, -0.05) is 145 Å². The molecule has 512 valence electrons. The normalized spacial score (nSPS) is 21.6. The molecule has 0 unspecified atom stereocenters. The van der Waals surface area contributed by atoms with Crippen LogP contribution >= 0.6 is 61.8 Å². The summed E-state index contributed by atoms with van der Waals surface area (Å²) < 4.78 is 41.5. The molecule has 3 saturated heterocycles. The Balaban J connectivity index is 0.000000321. The summed E-state index contributed by atoms with van der Waals surface area (Å²) in [7, 11) is -5.23. The number of aromatic nitrogens is 12. The molecule has 0 aliphatic carbocycles. The third kappa shape index (κ3) is 22.0. The van der Waals surface area contributed by atoms with Crippen molar-refractivity contribution in [2.45, 2.75) is 205 Å². The summed E-state index contributed by atoms with van der Waals surface area (Å²) in [5.74, 6) is 5.06. The lowest BCUT2D eigenvalue weighted by Crippen LogP contribution is -2.44. The number of fused-ring (bicyclic) bond motifs is 3. The lowest BCUT2D eigenvalue weighted by atomic mass is 10.2. The topological polar surface area (TPSA) is 369 Å². The van der Waals surface area contributed by atoms with Crippen molar-refractivity contribution in [3.05, 3.63) is 34.4 Å². The van der Waals surface area contributed by atoms with Crippen LogP contribution in [0.15, 0.2) is 19.0 Å². The van der Waals surface area contributed by atoms with E-state index in [4.69, 9.17) is 119 Å². The van der Waals surface area contributed by atoms with E-state index in [1.54, 1.807) is 32.4 Å². The largest absolute Gasteiger partial charge is 0.414 e. The second kappa shape index (κ2) is 35.0. The van der Waals surface area contributed by atoms with Crippen molar-refractivity contribution in [3.63, 3.8) is 0 Å². The van der Waals surface area contributed by atoms with Crippen LogP contribution in [0.4, 0.5) is 17.8 Å². The van der Waals surface area contributed by atoms with Crippen molar-refractivity contribution in [3.8, 4) is 30.8 Å². The predicted octanol–water partition coefficient (Wildman–Crippen LogP) is 10.6. The highest BCUT2D eigenvalue weighted by Crippen LogP contribution is 2.42. The van der Waals surface area contributed by atoms with Gasteiger partial charge in [-0.3, -0.25) is 13.7 Å². The number of nitrogens with two attached hydrogens (primary N) is 3. The quantitative estimate of drug-likeness (QED) is 0.0186. The van der Waals surface area contributed by atoms with Crippen molar-refractivity contribution >= 4 is 137 Å². The van der Waals surface area contributed by atoms with Crippen LogP contribution in [-0.2, 0) is 27.8 Å². The molecule has 9 atom stereocenters. The van der Waals surface area contributed by atoms with Gasteiger partial charge in [0.2, 0.25) is 17.8 Å². The molecule has 9 rings (SSSR count). The highest BCUT2D eigenvalue weighted by molar-refractivity contribution is 9.09. The Kier molecular flexibility index (Phi) is 31.1. The number of ether oxygens (including phenoxy) is 4. The first-order valence-electron chi connectivity index (χ1n) is 29.1. The van der Waals surface area contributed by atoms with Crippen LogP contribution in [0.1, 0.15) is 114 Å². The van der Waals surface area contributed by atoms with E-state index in [1.165, 1.54) is 6.33 Å². The Morgan fingerprint density at radius 3 is 1.25 bits per heavy atom. The second-order valence-corrected chi connectivity index (χ2v) is 44.4. The molecule has 0 spiro atoms. The van der Waals surface area contributed by atoms with Gasteiger partial charge in [-0.25, -0.2) is 15.0 Å². The molecule has 0 radical (unpaired) electrons. The van der Waals surface area contributed by atoms with Crippen LogP contribution in [0.25, 0.3) is 33.5 Å². The summed E-state index contributed by atoms with van der Waals surface area (Å²) in [6.45, 7) is 33.6. The fourth-order valence-corrected chi connectivity index (χ4v) is 10.5. The first kappa shape index (κ1) is 81.8. The molecule has 26 nitrogen and oxygen atoms in total. The Labute approximate surface area is 571 Å². The van der Waals surface area contributed by atoms with Crippen LogP contribution < -0.4 is 17.2 Å². The zero-order valence-corrected chi connectivity index (χ0v) is 61.9. The highest BCUT2D eigenvalue weighted by Gasteiger charge is 2.44. The summed E-state index contributed by atoms with van der Waals surface area (Å²) in [5.41, 5.74) is 19.8. The van der Waals surface area contributed by atoms with Crippen molar-refractivity contribution in [2.75, 3.05) is 55.6 Å². The smallest absolute Gasteiger partial charge is 0.223 e. The van der Waals surface area contributed by atoms with Gasteiger partial charge < -0.3 is 65.4 Å². The van der Waals surface area contributed by atoms with Gasteiger partial charge in [0.1, 0.15) is 60.2 Å². The Hall–Kier alpha value is -4.45. The van der Waals surface area contributed by atoms with Crippen molar-refractivity contribution in [1.82, 2.24) is 58.6 Å². The first-order valence-corrected chi connectivity index (χ1v) is 41.2. The van der Waals surface area contributed by atoms with Gasteiger partial charge >= 0.3 is 0 Å². The Bertz CT molecular complexity index is 3440. The summed E-state index contributed by atoms with van der Waals surface area (Å²) in [5, 5.41) is 46.5. The molecular formula is C58H93BrCl4N16O10Si3. The molecule has 0 amide bonds. The van der Waals surface area contributed by atoms with E-state index < -0.39 is 60.9 Å². The number of nitriles is 1. The SMILES string of the molecule is C.C#CCBr.C#CCO[C@@H]1C[C@H](n2cnc3c(Cl)nc(N)nc32)O[C@@H]1CO[Si](C)(C)C(C)(C)C.CC(C)(C)[Si](C)(C)Cl.CC(C)(C)[Si](C)(C)OC[C@H]1O[C@@H](n2cnc3c(Cl)nc(N)nc32)C[C@H]1O.N#CCCO.Nc1nc(Cl)c2ncn([C@H]3C[C@@H](O)[C@@H](CO)O3)c2n1. The number of rotatable bonds is 13. The summed E-state index contributed by atoms with van der Waals surface area (Å²) in [6.07, 6.45) is 12.4. The first-order chi connectivity index (χ1) is 42.2. The molecule has 6 aromatic rings. The maximum Gasteiger partial charge on any atom is 0.223 e. The summed E-state index contributed by atoms with van der Waals surface area (Å²) in [4.78, 5) is 36.9. The number of imidazole rings is 3. The van der Waals surface area contributed by atoms with E-state index >= 15 is 0 Å². The molecule has 6 aromatic heterocycles. The average Bonchev–Trinajstić information content (AvgIpc) is 1.64. The van der Waals surface area contributed by atoms with Crippen molar-refractivity contribution in [1.29, 1.82) is 5.26 Å². The fraction of sp³-hybridized carbons (Fsp3) is 0.655. The molecule has 10 N–H and O–H groups in total. The zero-order chi connectivity index (χ0) is 68.8. The molecule has 9 heterocycles. The number of nitrogen functional groups attached to an aromatic ring is 3. The van der Waals surface area contributed by atoms with E-state index in [0.717, 1.165) is 0 Å². The van der Waals surface area contributed by atoms with Crippen LogP contribution in [0.3, 0.4) is 0 Å².